The molecule has 2 N–H and O–H groups in total. The molecule has 0 bridgehead atoms. The third-order valence-electron chi connectivity index (χ3n) is 2.87. The lowest BCUT2D eigenvalue weighted by Crippen LogP contribution is -2.19. The van der Waals surface area contributed by atoms with E-state index in [1.807, 2.05) is 20.8 Å². The van der Waals surface area contributed by atoms with Gasteiger partial charge in [-0.25, -0.2) is 0 Å². The number of methoxy groups -OCH3 is 2. The fraction of sp³-hybridized carbons (Fsp3) is 0.538. The first kappa shape index (κ1) is 14.1. The Bertz CT molecular complexity index is 417. The monoisotopic (exact) mass is 257 g/mol. The lowest BCUT2D eigenvalue weighted by molar-refractivity contribution is 0.392. The van der Waals surface area contributed by atoms with E-state index < -0.39 is 0 Å². The molecule has 0 radical (unpaired) electrons. The van der Waals surface area contributed by atoms with Crippen molar-refractivity contribution in [3.8, 4) is 11.5 Å². The summed E-state index contributed by atoms with van der Waals surface area (Å²) < 4.78 is 10.8. The van der Waals surface area contributed by atoms with Crippen LogP contribution in [0.5, 0.6) is 11.5 Å². The van der Waals surface area contributed by atoms with Gasteiger partial charge in [-0.15, -0.1) is 0 Å². The molecule has 0 saturated carbocycles. The summed E-state index contributed by atoms with van der Waals surface area (Å²) in [5.41, 5.74) is 8.83. The molecule has 1 aromatic carbocycles. The third kappa shape index (κ3) is 2.67. The molecule has 3 nitrogen and oxygen atoms in total. The average Bonchev–Trinajstić information content (AvgIpc) is 2.27. The summed E-state index contributed by atoms with van der Waals surface area (Å²) in [7, 11) is 3.27. The highest BCUT2D eigenvalue weighted by Gasteiger charge is 2.20. The number of rotatable bonds is 4. The van der Waals surface area contributed by atoms with Crippen LogP contribution >= 0.6 is 11.6 Å². The molecule has 1 rings (SSSR count). The van der Waals surface area contributed by atoms with E-state index in [0.717, 1.165) is 28.9 Å². The first-order valence-electron chi connectivity index (χ1n) is 5.59. The van der Waals surface area contributed by atoms with E-state index in [2.05, 4.69) is 0 Å². The Balaban J connectivity index is 3.49. The van der Waals surface area contributed by atoms with Crippen LogP contribution in [0.3, 0.4) is 0 Å². The molecule has 0 aliphatic carbocycles. The molecule has 0 aliphatic heterocycles. The quantitative estimate of drug-likeness (QED) is 0.902. The number of halogens is 1. The molecule has 1 unspecified atom stereocenters. The Labute approximate surface area is 108 Å². The Morgan fingerprint density at radius 1 is 1.12 bits per heavy atom. The highest BCUT2D eigenvalue weighted by Crippen LogP contribution is 2.41. The van der Waals surface area contributed by atoms with E-state index >= 15 is 0 Å². The van der Waals surface area contributed by atoms with Crippen molar-refractivity contribution >= 4 is 11.6 Å². The summed E-state index contributed by atoms with van der Waals surface area (Å²) >= 11 is 6.25. The topological polar surface area (TPSA) is 44.5 Å². The smallest absolute Gasteiger partial charge is 0.141 e. The summed E-state index contributed by atoms with van der Waals surface area (Å²) in [4.78, 5) is 0. The van der Waals surface area contributed by atoms with Gasteiger partial charge in [-0.1, -0.05) is 11.6 Å². The molecule has 0 fully saturated rings. The van der Waals surface area contributed by atoms with Gasteiger partial charge in [-0.2, -0.15) is 0 Å². The van der Waals surface area contributed by atoms with Gasteiger partial charge in [-0.05, 0) is 32.8 Å². The molecule has 0 aliphatic rings. The number of hydrogen-bond donors (Lipinski definition) is 1. The Morgan fingerprint density at radius 2 is 1.65 bits per heavy atom. The van der Waals surface area contributed by atoms with Gasteiger partial charge in [0.25, 0.3) is 0 Å². The fourth-order valence-corrected chi connectivity index (χ4v) is 2.36. The highest BCUT2D eigenvalue weighted by molar-refractivity contribution is 6.33. The van der Waals surface area contributed by atoms with Crippen LogP contribution in [-0.2, 0) is 6.42 Å². The second-order valence-electron chi connectivity index (χ2n) is 4.29. The summed E-state index contributed by atoms with van der Waals surface area (Å²) in [5, 5.41) is 0.607. The number of benzene rings is 1. The van der Waals surface area contributed by atoms with Crippen molar-refractivity contribution < 1.29 is 9.47 Å². The third-order valence-corrected chi connectivity index (χ3v) is 3.33. The molecule has 0 aromatic heterocycles. The van der Waals surface area contributed by atoms with Crippen molar-refractivity contribution in [1.82, 2.24) is 0 Å². The predicted molar refractivity (Wildman–Crippen MR) is 71.4 cm³/mol. The zero-order valence-corrected chi connectivity index (χ0v) is 11.8. The summed E-state index contributed by atoms with van der Waals surface area (Å²) in [5.74, 6) is 1.52. The molecule has 0 spiro atoms. The molecule has 0 heterocycles. The molecular weight excluding hydrogens is 238 g/mol. The van der Waals surface area contributed by atoms with Crippen LogP contribution in [0, 0.1) is 13.8 Å². The van der Waals surface area contributed by atoms with Gasteiger partial charge >= 0.3 is 0 Å². The maximum absolute atomic E-state index is 6.25. The molecule has 1 aromatic rings. The van der Waals surface area contributed by atoms with Gasteiger partial charge in [0.1, 0.15) is 11.5 Å². The molecular formula is C13H20ClNO2. The zero-order valence-electron chi connectivity index (χ0n) is 11.1. The Hall–Kier alpha value is -0.930. The van der Waals surface area contributed by atoms with Crippen LogP contribution < -0.4 is 15.2 Å². The van der Waals surface area contributed by atoms with Crippen LogP contribution in [0.2, 0.25) is 5.02 Å². The lowest BCUT2D eigenvalue weighted by Gasteiger charge is -2.20. The van der Waals surface area contributed by atoms with Gasteiger partial charge in [0.2, 0.25) is 0 Å². The first-order valence-corrected chi connectivity index (χ1v) is 5.96. The maximum atomic E-state index is 6.25. The second-order valence-corrected chi connectivity index (χ2v) is 4.67. The van der Waals surface area contributed by atoms with Crippen molar-refractivity contribution in [2.24, 2.45) is 5.73 Å². The highest BCUT2D eigenvalue weighted by atomic mass is 35.5. The van der Waals surface area contributed by atoms with Gasteiger partial charge in [-0.3, -0.25) is 0 Å². The van der Waals surface area contributed by atoms with Crippen LogP contribution in [0.15, 0.2) is 0 Å². The maximum Gasteiger partial charge on any atom is 0.141 e. The van der Waals surface area contributed by atoms with Gasteiger partial charge in [0, 0.05) is 17.2 Å². The van der Waals surface area contributed by atoms with Gasteiger partial charge < -0.3 is 15.2 Å². The summed E-state index contributed by atoms with van der Waals surface area (Å²) in [6, 6.07) is 0.0629. The minimum absolute atomic E-state index is 0.0629. The van der Waals surface area contributed by atoms with E-state index in [9.17, 15) is 0 Å². The molecule has 0 amide bonds. The largest absolute Gasteiger partial charge is 0.496 e. The van der Waals surface area contributed by atoms with Gasteiger partial charge in [0.15, 0.2) is 0 Å². The van der Waals surface area contributed by atoms with Crippen LogP contribution in [0.25, 0.3) is 0 Å². The first-order chi connectivity index (χ1) is 7.93. The summed E-state index contributed by atoms with van der Waals surface area (Å²) in [6.07, 6.45) is 0.739. The van der Waals surface area contributed by atoms with E-state index in [4.69, 9.17) is 26.8 Å². The van der Waals surface area contributed by atoms with Crippen LogP contribution in [-0.4, -0.2) is 20.3 Å². The van der Waals surface area contributed by atoms with E-state index in [-0.39, 0.29) is 6.04 Å². The summed E-state index contributed by atoms with van der Waals surface area (Å²) in [6.45, 7) is 5.87. The fourth-order valence-electron chi connectivity index (χ4n) is 2.06. The van der Waals surface area contributed by atoms with Gasteiger partial charge in [0.05, 0.1) is 19.2 Å². The van der Waals surface area contributed by atoms with Crippen LogP contribution in [0.1, 0.15) is 23.6 Å². The van der Waals surface area contributed by atoms with Crippen molar-refractivity contribution in [1.29, 1.82) is 0 Å². The number of ether oxygens (including phenoxy) is 2. The predicted octanol–water partition coefficient (Wildman–Crippen LogP) is 2.86. The SMILES string of the molecule is COc1c(C)c(CC(C)N)c(OC)c(C)c1Cl. The van der Waals surface area contributed by atoms with E-state index in [1.54, 1.807) is 14.2 Å². The lowest BCUT2D eigenvalue weighted by atomic mass is 9.97. The Morgan fingerprint density at radius 3 is 2.06 bits per heavy atom. The van der Waals surface area contributed by atoms with Crippen molar-refractivity contribution in [3.63, 3.8) is 0 Å². The second kappa shape index (κ2) is 5.61. The van der Waals surface area contributed by atoms with E-state index in [1.165, 1.54) is 0 Å². The molecule has 17 heavy (non-hydrogen) atoms. The molecule has 96 valence electrons. The molecule has 0 saturated heterocycles. The minimum atomic E-state index is 0.0629. The number of nitrogens with two attached hydrogens (primary N) is 1. The van der Waals surface area contributed by atoms with Crippen molar-refractivity contribution in [2.75, 3.05) is 14.2 Å². The normalized spacial score (nSPS) is 12.4. The van der Waals surface area contributed by atoms with E-state index in [0.29, 0.717) is 10.8 Å². The number of hydrogen-bond acceptors (Lipinski definition) is 3. The average molecular weight is 258 g/mol. The molecule has 4 heteroatoms. The van der Waals surface area contributed by atoms with Crippen molar-refractivity contribution in [2.45, 2.75) is 33.2 Å². The van der Waals surface area contributed by atoms with Crippen LogP contribution in [0.4, 0.5) is 0 Å². The zero-order chi connectivity index (χ0) is 13.2. The minimum Gasteiger partial charge on any atom is -0.496 e. The van der Waals surface area contributed by atoms with Crippen molar-refractivity contribution in [3.05, 3.63) is 21.7 Å². The Kier molecular flexibility index (Phi) is 4.66. The molecule has 1 atom stereocenters. The standard InChI is InChI=1S/C13H20ClNO2/c1-7(15)6-10-8(2)13(17-5)11(14)9(3)12(10)16-4/h7H,6,15H2,1-5H3.